The molecule has 0 aliphatic rings. The summed E-state index contributed by atoms with van der Waals surface area (Å²) >= 11 is 16.5. The maximum absolute atomic E-state index is 12.6. The number of carbonyl (C=O) groups excluding carboxylic acids is 1. The van der Waals surface area contributed by atoms with Gasteiger partial charge in [-0.2, -0.15) is 5.10 Å². The van der Waals surface area contributed by atoms with E-state index in [1.165, 1.54) is 11.3 Å². The molecule has 0 aliphatic carbocycles. The summed E-state index contributed by atoms with van der Waals surface area (Å²) in [6.07, 6.45) is 1.62. The summed E-state index contributed by atoms with van der Waals surface area (Å²) in [6.45, 7) is 1.40. The molecule has 8 heteroatoms. The lowest BCUT2D eigenvalue weighted by atomic mass is 10.1. The third-order valence-electron chi connectivity index (χ3n) is 2.67. The van der Waals surface area contributed by atoms with Crippen LogP contribution >= 0.6 is 50.5 Å². The first kappa shape index (κ1) is 16.0. The quantitative estimate of drug-likeness (QED) is 0.721. The van der Waals surface area contributed by atoms with Crippen molar-refractivity contribution < 1.29 is 4.79 Å². The Balaban J connectivity index is 2.34. The van der Waals surface area contributed by atoms with Crippen LogP contribution < -0.4 is 0 Å². The predicted molar refractivity (Wildman–Crippen MR) is 86.3 cm³/mol. The lowest BCUT2D eigenvalue weighted by molar-refractivity contribution is 0.102. The van der Waals surface area contributed by atoms with Gasteiger partial charge in [0.15, 0.2) is 0 Å². The van der Waals surface area contributed by atoms with E-state index in [4.69, 9.17) is 23.2 Å². The Kier molecular flexibility index (Phi) is 5.25. The van der Waals surface area contributed by atoms with E-state index in [1.807, 2.05) is 19.0 Å². The Hall–Kier alpha value is -0.400. The maximum atomic E-state index is 12.6. The van der Waals surface area contributed by atoms with Crippen molar-refractivity contribution in [2.24, 2.45) is 0 Å². The Morgan fingerprint density at radius 1 is 1.50 bits per heavy atom. The first-order valence-corrected chi connectivity index (χ1v) is 8.12. The van der Waals surface area contributed by atoms with Crippen molar-refractivity contribution in [2.75, 3.05) is 20.6 Å². The third-order valence-corrected chi connectivity index (χ3v) is 4.74. The molecule has 0 amide bonds. The fraction of sp³-hybridized carbons (Fsp3) is 0.333. The number of rotatable bonds is 5. The summed E-state index contributed by atoms with van der Waals surface area (Å²) in [6, 6.07) is 1.59. The molecule has 0 saturated carbocycles. The summed E-state index contributed by atoms with van der Waals surface area (Å²) in [4.78, 5) is 14.6. The Morgan fingerprint density at radius 2 is 2.20 bits per heavy atom. The first-order chi connectivity index (χ1) is 9.40. The number of nitrogens with zero attached hydrogens (tertiary/aromatic N) is 3. The molecular formula is C12H12BrCl2N3OS. The van der Waals surface area contributed by atoms with Crippen LogP contribution in [0.15, 0.2) is 16.7 Å². The maximum Gasteiger partial charge on any atom is 0.214 e. The predicted octanol–water partition coefficient (Wildman–Crippen LogP) is 3.81. The molecule has 0 bridgehead atoms. The zero-order chi connectivity index (χ0) is 14.9. The molecule has 0 radical (unpaired) electrons. The van der Waals surface area contributed by atoms with E-state index in [0.717, 1.165) is 6.54 Å². The zero-order valence-corrected chi connectivity index (χ0v) is 14.8. The van der Waals surface area contributed by atoms with Crippen LogP contribution in [-0.4, -0.2) is 41.1 Å². The van der Waals surface area contributed by atoms with Gasteiger partial charge in [-0.15, -0.1) is 11.3 Å². The Bertz CT molecular complexity index is 639. The van der Waals surface area contributed by atoms with E-state index in [-0.39, 0.29) is 5.78 Å². The smallest absolute Gasteiger partial charge is 0.214 e. The molecule has 0 aliphatic heterocycles. The molecule has 0 fully saturated rings. The average Bonchev–Trinajstić information content (AvgIpc) is 2.89. The van der Waals surface area contributed by atoms with Gasteiger partial charge in [-0.3, -0.25) is 9.48 Å². The second-order valence-electron chi connectivity index (χ2n) is 4.43. The average molecular weight is 397 g/mol. The minimum atomic E-state index is -0.179. The number of thiophene rings is 1. The van der Waals surface area contributed by atoms with Gasteiger partial charge >= 0.3 is 0 Å². The summed E-state index contributed by atoms with van der Waals surface area (Å²) in [7, 11) is 3.94. The highest BCUT2D eigenvalue weighted by atomic mass is 79.9. The van der Waals surface area contributed by atoms with Crippen LogP contribution in [-0.2, 0) is 6.54 Å². The van der Waals surface area contributed by atoms with Gasteiger partial charge in [0.25, 0.3) is 0 Å². The standard InChI is InChI=1S/C12H12BrCl2N3OS/c1-17(2)3-4-18-10(8(13)6-16-18)11(19)7-5-9(14)20-12(7)15/h5-6H,3-4H2,1-2H3. The number of carbonyl (C=O) groups is 1. The fourth-order valence-corrected chi connectivity index (χ4v) is 3.61. The highest BCUT2D eigenvalue weighted by molar-refractivity contribution is 9.10. The fourth-order valence-electron chi connectivity index (χ4n) is 1.68. The summed E-state index contributed by atoms with van der Waals surface area (Å²) in [5, 5.41) is 4.22. The van der Waals surface area contributed by atoms with Gasteiger partial charge in [-0.1, -0.05) is 23.2 Å². The van der Waals surface area contributed by atoms with Crippen LogP contribution in [0.3, 0.4) is 0 Å². The van der Waals surface area contributed by atoms with Crippen LogP contribution in [0.4, 0.5) is 0 Å². The molecule has 0 N–H and O–H groups in total. The molecule has 0 saturated heterocycles. The number of ketones is 1. The summed E-state index contributed by atoms with van der Waals surface area (Å²) in [5.41, 5.74) is 0.900. The van der Waals surface area contributed by atoms with E-state index >= 15 is 0 Å². The molecule has 4 nitrogen and oxygen atoms in total. The molecular weight excluding hydrogens is 385 g/mol. The van der Waals surface area contributed by atoms with Gasteiger partial charge < -0.3 is 4.90 Å². The molecule has 0 unspecified atom stereocenters. The van der Waals surface area contributed by atoms with Crippen molar-refractivity contribution in [1.82, 2.24) is 14.7 Å². The van der Waals surface area contributed by atoms with Crippen LogP contribution in [0, 0.1) is 0 Å². The molecule has 108 valence electrons. The number of halogens is 3. The molecule has 2 aromatic rings. The van der Waals surface area contributed by atoms with Crippen molar-refractivity contribution >= 4 is 56.3 Å². The second kappa shape index (κ2) is 6.58. The van der Waals surface area contributed by atoms with Crippen molar-refractivity contribution in [3.05, 3.63) is 36.7 Å². The highest BCUT2D eigenvalue weighted by Gasteiger charge is 2.22. The normalized spacial score (nSPS) is 11.3. The van der Waals surface area contributed by atoms with E-state index in [0.29, 0.717) is 30.9 Å². The zero-order valence-electron chi connectivity index (χ0n) is 10.9. The van der Waals surface area contributed by atoms with E-state index in [2.05, 4.69) is 21.0 Å². The van der Waals surface area contributed by atoms with Gasteiger partial charge in [-0.25, -0.2) is 0 Å². The SMILES string of the molecule is CN(C)CCn1ncc(Br)c1C(=O)c1cc(Cl)sc1Cl. The van der Waals surface area contributed by atoms with E-state index in [1.54, 1.807) is 16.9 Å². The minimum Gasteiger partial charge on any atom is -0.308 e. The van der Waals surface area contributed by atoms with Gasteiger partial charge in [0.1, 0.15) is 10.0 Å². The molecule has 0 aromatic carbocycles. The van der Waals surface area contributed by atoms with Crippen LogP contribution in [0.1, 0.15) is 16.1 Å². The van der Waals surface area contributed by atoms with Crippen molar-refractivity contribution in [2.45, 2.75) is 6.54 Å². The lowest BCUT2D eigenvalue weighted by Gasteiger charge is -2.11. The van der Waals surface area contributed by atoms with E-state index in [9.17, 15) is 4.79 Å². The number of aromatic nitrogens is 2. The Morgan fingerprint density at radius 3 is 2.75 bits per heavy atom. The monoisotopic (exact) mass is 395 g/mol. The molecule has 0 atom stereocenters. The summed E-state index contributed by atoms with van der Waals surface area (Å²) in [5.74, 6) is -0.179. The number of hydrogen-bond acceptors (Lipinski definition) is 4. The van der Waals surface area contributed by atoms with Crippen molar-refractivity contribution in [1.29, 1.82) is 0 Å². The van der Waals surface area contributed by atoms with Gasteiger partial charge in [-0.05, 0) is 36.1 Å². The second-order valence-corrected chi connectivity index (χ2v) is 7.57. The molecule has 2 heterocycles. The molecule has 0 spiro atoms. The van der Waals surface area contributed by atoms with Crippen LogP contribution in [0.5, 0.6) is 0 Å². The lowest BCUT2D eigenvalue weighted by Crippen LogP contribution is -2.21. The largest absolute Gasteiger partial charge is 0.308 e. The van der Waals surface area contributed by atoms with Gasteiger partial charge in [0, 0.05) is 6.54 Å². The Labute approximate surface area is 139 Å². The molecule has 20 heavy (non-hydrogen) atoms. The van der Waals surface area contributed by atoms with Gasteiger partial charge in [0.2, 0.25) is 5.78 Å². The highest BCUT2D eigenvalue weighted by Crippen LogP contribution is 2.33. The summed E-state index contributed by atoms with van der Waals surface area (Å²) < 4.78 is 3.22. The molecule has 2 rings (SSSR count). The number of hydrogen-bond donors (Lipinski definition) is 0. The molecule has 2 aromatic heterocycles. The minimum absolute atomic E-state index is 0.179. The first-order valence-electron chi connectivity index (χ1n) is 5.75. The van der Waals surface area contributed by atoms with Crippen LogP contribution in [0.25, 0.3) is 0 Å². The van der Waals surface area contributed by atoms with Crippen molar-refractivity contribution in [3.63, 3.8) is 0 Å². The topological polar surface area (TPSA) is 38.1 Å². The van der Waals surface area contributed by atoms with Crippen molar-refractivity contribution in [3.8, 4) is 0 Å². The number of likely N-dealkylation sites (N-methyl/N-ethyl adjacent to an activating group) is 1. The van der Waals surface area contributed by atoms with Crippen LogP contribution in [0.2, 0.25) is 8.67 Å². The van der Waals surface area contributed by atoms with Gasteiger partial charge in [0.05, 0.1) is 27.1 Å². The third kappa shape index (κ3) is 3.43. The van der Waals surface area contributed by atoms with E-state index < -0.39 is 0 Å².